The number of nitrogens with one attached hydrogen (secondary N) is 1. The minimum absolute atomic E-state index is 0.205. The van der Waals surface area contributed by atoms with Gasteiger partial charge in [0, 0.05) is 5.75 Å². The highest BCUT2D eigenvalue weighted by Gasteiger charge is 2.21. The average molecular weight is 249 g/mol. The molecule has 0 aromatic heterocycles. The van der Waals surface area contributed by atoms with Crippen LogP contribution in [-0.2, 0) is 9.84 Å². The number of piperidine rings is 1. The van der Waals surface area contributed by atoms with Crippen molar-refractivity contribution in [2.45, 2.75) is 38.7 Å². The molecule has 96 valence electrons. The molecule has 1 atom stereocenters. The molecule has 0 radical (unpaired) electrons. The largest absolute Gasteiger partial charge is 0.393 e. The molecule has 0 amide bonds. The van der Waals surface area contributed by atoms with E-state index in [4.69, 9.17) is 0 Å². The number of rotatable bonds is 6. The first kappa shape index (κ1) is 13.9. The van der Waals surface area contributed by atoms with Crippen LogP contribution in [0.4, 0.5) is 0 Å². The summed E-state index contributed by atoms with van der Waals surface area (Å²) in [7, 11) is -2.87. The monoisotopic (exact) mass is 249 g/mol. The number of hydrogen-bond donors (Lipinski definition) is 2. The molecule has 0 aromatic rings. The standard InChI is InChI=1S/C11H23NO3S/c1-2-16(14,15)9-3-4-11(13)10-5-7-12-8-6-10/h10-13H,2-9H2,1H3. The van der Waals surface area contributed by atoms with Gasteiger partial charge in [0.05, 0.1) is 11.9 Å². The zero-order valence-corrected chi connectivity index (χ0v) is 10.8. The Kier molecular flexibility index (Phi) is 5.72. The summed E-state index contributed by atoms with van der Waals surface area (Å²) in [5.41, 5.74) is 0. The molecule has 1 rings (SSSR count). The van der Waals surface area contributed by atoms with Gasteiger partial charge >= 0.3 is 0 Å². The van der Waals surface area contributed by atoms with Crippen molar-refractivity contribution in [2.75, 3.05) is 24.6 Å². The Bertz CT molecular complexity index is 284. The Balaban J connectivity index is 2.21. The predicted molar refractivity (Wildman–Crippen MR) is 65.2 cm³/mol. The second kappa shape index (κ2) is 6.57. The zero-order valence-electron chi connectivity index (χ0n) is 9.98. The van der Waals surface area contributed by atoms with Crippen molar-refractivity contribution >= 4 is 9.84 Å². The van der Waals surface area contributed by atoms with Crippen LogP contribution in [-0.4, -0.2) is 44.2 Å². The molecule has 1 aliphatic rings. The van der Waals surface area contributed by atoms with Crippen molar-refractivity contribution in [2.24, 2.45) is 5.92 Å². The smallest absolute Gasteiger partial charge is 0.150 e. The SMILES string of the molecule is CCS(=O)(=O)CCCC(O)C1CCNCC1. The normalized spacial score (nSPS) is 20.9. The summed E-state index contributed by atoms with van der Waals surface area (Å²) >= 11 is 0. The van der Waals surface area contributed by atoms with E-state index < -0.39 is 9.84 Å². The van der Waals surface area contributed by atoms with E-state index in [0.29, 0.717) is 18.8 Å². The number of aliphatic hydroxyl groups is 1. The Hall–Kier alpha value is -0.130. The molecule has 1 fully saturated rings. The lowest BCUT2D eigenvalue weighted by molar-refractivity contribution is 0.0806. The highest BCUT2D eigenvalue weighted by molar-refractivity contribution is 7.91. The lowest BCUT2D eigenvalue weighted by atomic mass is 9.90. The summed E-state index contributed by atoms with van der Waals surface area (Å²) in [5.74, 6) is 0.771. The Morgan fingerprint density at radius 3 is 2.56 bits per heavy atom. The summed E-state index contributed by atoms with van der Waals surface area (Å²) in [6, 6.07) is 0. The van der Waals surface area contributed by atoms with Crippen LogP contribution < -0.4 is 5.32 Å². The van der Waals surface area contributed by atoms with Crippen molar-refractivity contribution in [3.8, 4) is 0 Å². The fraction of sp³-hybridized carbons (Fsp3) is 1.00. The molecule has 1 saturated heterocycles. The van der Waals surface area contributed by atoms with E-state index in [-0.39, 0.29) is 17.6 Å². The second-order valence-corrected chi connectivity index (χ2v) is 7.01. The molecule has 5 heteroatoms. The second-order valence-electron chi connectivity index (χ2n) is 4.53. The summed E-state index contributed by atoms with van der Waals surface area (Å²) in [5, 5.41) is 13.2. The Morgan fingerprint density at radius 1 is 1.38 bits per heavy atom. The first-order valence-electron chi connectivity index (χ1n) is 6.14. The van der Waals surface area contributed by atoms with Crippen molar-refractivity contribution in [1.29, 1.82) is 0 Å². The molecule has 0 saturated carbocycles. The van der Waals surface area contributed by atoms with E-state index in [0.717, 1.165) is 25.9 Å². The van der Waals surface area contributed by atoms with Crippen LogP contribution in [0.15, 0.2) is 0 Å². The van der Waals surface area contributed by atoms with Crippen molar-refractivity contribution in [3.05, 3.63) is 0 Å². The fourth-order valence-electron chi connectivity index (χ4n) is 2.12. The van der Waals surface area contributed by atoms with Gasteiger partial charge in [-0.15, -0.1) is 0 Å². The van der Waals surface area contributed by atoms with E-state index in [1.165, 1.54) is 0 Å². The Labute approximate surface area is 98.4 Å². The third kappa shape index (κ3) is 4.80. The maximum Gasteiger partial charge on any atom is 0.150 e. The molecule has 1 aliphatic heterocycles. The number of sulfone groups is 1. The van der Waals surface area contributed by atoms with Gasteiger partial charge in [-0.25, -0.2) is 8.42 Å². The van der Waals surface area contributed by atoms with Gasteiger partial charge in [0.1, 0.15) is 9.84 Å². The third-order valence-electron chi connectivity index (χ3n) is 3.32. The van der Waals surface area contributed by atoms with E-state index in [2.05, 4.69) is 5.32 Å². The predicted octanol–water partition coefficient (Wildman–Crippen LogP) is 0.562. The van der Waals surface area contributed by atoms with Crippen LogP contribution in [0.3, 0.4) is 0 Å². The lowest BCUT2D eigenvalue weighted by Gasteiger charge is -2.27. The quantitative estimate of drug-likeness (QED) is 0.722. The third-order valence-corrected chi connectivity index (χ3v) is 5.11. The van der Waals surface area contributed by atoms with Gasteiger partial charge in [-0.1, -0.05) is 6.92 Å². The van der Waals surface area contributed by atoms with Gasteiger partial charge in [-0.3, -0.25) is 0 Å². The van der Waals surface area contributed by atoms with Gasteiger partial charge in [-0.05, 0) is 44.7 Å². The maximum atomic E-state index is 11.3. The molecular weight excluding hydrogens is 226 g/mol. The van der Waals surface area contributed by atoms with E-state index >= 15 is 0 Å². The van der Waals surface area contributed by atoms with Gasteiger partial charge in [0.25, 0.3) is 0 Å². The Morgan fingerprint density at radius 2 is 2.00 bits per heavy atom. The number of aliphatic hydroxyl groups excluding tert-OH is 1. The molecule has 0 aliphatic carbocycles. The maximum absolute atomic E-state index is 11.3. The van der Waals surface area contributed by atoms with Crippen molar-refractivity contribution in [3.63, 3.8) is 0 Å². The summed E-state index contributed by atoms with van der Waals surface area (Å²) in [6.45, 7) is 3.60. The first-order chi connectivity index (χ1) is 7.55. The van der Waals surface area contributed by atoms with Crippen LogP contribution >= 0.6 is 0 Å². The van der Waals surface area contributed by atoms with Crippen molar-refractivity contribution < 1.29 is 13.5 Å². The highest BCUT2D eigenvalue weighted by Crippen LogP contribution is 2.19. The summed E-state index contributed by atoms with van der Waals surface area (Å²) < 4.78 is 22.5. The molecule has 0 spiro atoms. The number of hydrogen-bond acceptors (Lipinski definition) is 4. The van der Waals surface area contributed by atoms with Crippen LogP contribution in [0.1, 0.15) is 32.6 Å². The fourth-order valence-corrected chi connectivity index (χ4v) is 3.02. The molecular formula is C11H23NO3S. The minimum Gasteiger partial charge on any atom is -0.393 e. The topological polar surface area (TPSA) is 66.4 Å². The van der Waals surface area contributed by atoms with Crippen LogP contribution in [0.25, 0.3) is 0 Å². The van der Waals surface area contributed by atoms with Crippen LogP contribution in [0.2, 0.25) is 0 Å². The molecule has 1 unspecified atom stereocenters. The highest BCUT2D eigenvalue weighted by atomic mass is 32.2. The molecule has 4 nitrogen and oxygen atoms in total. The van der Waals surface area contributed by atoms with Crippen LogP contribution in [0.5, 0.6) is 0 Å². The van der Waals surface area contributed by atoms with Gasteiger partial charge in [-0.2, -0.15) is 0 Å². The molecule has 0 aromatic carbocycles. The van der Waals surface area contributed by atoms with Gasteiger partial charge in [0.15, 0.2) is 0 Å². The lowest BCUT2D eigenvalue weighted by Crippen LogP contribution is -2.34. The van der Waals surface area contributed by atoms with E-state index in [1.54, 1.807) is 6.92 Å². The molecule has 0 bridgehead atoms. The van der Waals surface area contributed by atoms with Crippen molar-refractivity contribution in [1.82, 2.24) is 5.32 Å². The summed E-state index contributed by atoms with van der Waals surface area (Å²) in [4.78, 5) is 0. The zero-order chi connectivity index (χ0) is 12.0. The van der Waals surface area contributed by atoms with E-state index in [9.17, 15) is 13.5 Å². The van der Waals surface area contributed by atoms with Gasteiger partial charge in [0.2, 0.25) is 0 Å². The average Bonchev–Trinajstić information content (AvgIpc) is 2.30. The van der Waals surface area contributed by atoms with Gasteiger partial charge < -0.3 is 10.4 Å². The summed E-state index contributed by atoms with van der Waals surface area (Å²) in [6.07, 6.45) is 2.88. The minimum atomic E-state index is -2.87. The van der Waals surface area contributed by atoms with Crippen LogP contribution in [0, 0.1) is 5.92 Å². The molecule has 1 heterocycles. The molecule has 16 heavy (non-hydrogen) atoms. The molecule has 2 N–H and O–H groups in total. The first-order valence-corrected chi connectivity index (χ1v) is 7.96. The van der Waals surface area contributed by atoms with E-state index in [1.807, 2.05) is 0 Å².